The molecule has 1 amide bonds. The Bertz CT molecular complexity index is 272. The Kier molecular flexibility index (Phi) is 3.37. The van der Waals surface area contributed by atoms with Gasteiger partial charge in [-0.1, -0.05) is 19.3 Å². The van der Waals surface area contributed by atoms with Gasteiger partial charge in [-0.15, -0.1) is 0 Å². The molecule has 96 valence electrons. The Morgan fingerprint density at radius 3 is 2.59 bits per heavy atom. The quantitative estimate of drug-likeness (QED) is 0.752. The van der Waals surface area contributed by atoms with E-state index < -0.39 is 0 Å². The average molecular weight is 236 g/mol. The topological polar surface area (TPSA) is 32.3 Å². The smallest absolute Gasteiger partial charge is 0.225 e. The highest BCUT2D eigenvalue weighted by Gasteiger charge is 2.38. The molecule has 2 heterocycles. The second kappa shape index (κ2) is 4.97. The van der Waals surface area contributed by atoms with Crippen LogP contribution in [-0.2, 0) is 4.79 Å². The molecule has 2 aliphatic heterocycles. The fourth-order valence-electron chi connectivity index (χ4n) is 3.83. The lowest BCUT2D eigenvalue weighted by Gasteiger charge is -2.26. The van der Waals surface area contributed by atoms with Crippen LogP contribution < -0.4 is 5.32 Å². The molecule has 3 aliphatic rings. The van der Waals surface area contributed by atoms with Crippen molar-refractivity contribution < 1.29 is 4.79 Å². The second-order valence-corrected chi connectivity index (χ2v) is 6.04. The number of hydrogen-bond acceptors (Lipinski definition) is 2. The van der Waals surface area contributed by atoms with Crippen molar-refractivity contribution in [1.29, 1.82) is 0 Å². The summed E-state index contributed by atoms with van der Waals surface area (Å²) in [6.07, 6.45) is 8.72. The summed E-state index contributed by atoms with van der Waals surface area (Å²) in [5.41, 5.74) is 0. The summed E-state index contributed by atoms with van der Waals surface area (Å²) >= 11 is 0. The van der Waals surface area contributed by atoms with Gasteiger partial charge in [-0.05, 0) is 38.1 Å². The van der Waals surface area contributed by atoms with Gasteiger partial charge in [0, 0.05) is 25.0 Å². The van der Waals surface area contributed by atoms with E-state index in [0.29, 0.717) is 17.9 Å². The molecule has 1 N–H and O–H groups in total. The Morgan fingerprint density at radius 1 is 1.00 bits per heavy atom. The minimum Gasteiger partial charge on any atom is -0.341 e. The van der Waals surface area contributed by atoms with Crippen LogP contribution in [0.15, 0.2) is 0 Å². The second-order valence-electron chi connectivity index (χ2n) is 6.04. The summed E-state index contributed by atoms with van der Waals surface area (Å²) in [7, 11) is 0. The van der Waals surface area contributed by atoms with Crippen molar-refractivity contribution in [2.45, 2.75) is 51.0 Å². The molecule has 0 aromatic rings. The summed E-state index contributed by atoms with van der Waals surface area (Å²) in [6, 6.07) is 0.594. The van der Waals surface area contributed by atoms with Crippen molar-refractivity contribution in [2.75, 3.05) is 19.6 Å². The minimum atomic E-state index is 0.351. The molecule has 3 heteroatoms. The molecular weight excluding hydrogens is 212 g/mol. The lowest BCUT2D eigenvalue weighted by atomic mass is 9.88. The van der Waals surface area contributed by atoms with Crippen molar-refractivity contribution in [3.63, 3.8) is 0 Å². The zero-order valence-electron chi connectivity index (χ0n) is 10.7. The molecule has 2 unspecified atom stereocenters. The number of carbonyl (C=O) groups excluding carboxylic acids is 1. The minimum absolute atomic E-state index is 0.351. The molecule has 3 rings (SSSR count). The first-order valence-electron chi connectivity index (χ1n) is 7.37. The number of hydrogen-bond donors (Lipinski definition) is 1. The standard InChI is InChI=1S/C14H24N2O/c17-14(11-5-2-1-3-6-11)16-9-12-7-4-8-15-13(12)10-16/h11-13,15H,1-10H2. The van der Waals surface area contributed by atoms with E-state index in [1.807, 2.05) is 0 Å². The van der Waals surface area contributed by atoms with Crippen molar-refractivity contribution in [3.8, 4) is 0 Å². The molecular formula is C14H24N2O. The van der Waals surface area contributed by atoms with Gasteiger partial charge in [0.25, 0.3) is 0 Å². The van der Waals surface area contributed by atoms with E-state index in [0.717, 1.165) is 38.4 Å². The monoisotopic (exact) mass is 236 g/mol. The van der Waals surface area contributed by atoms with Crippen LogP contribution in [0.2, 0.25) is 0 Å². The van der Waals surface area contributed by atoms with Gasteiger partial charge < -0.3 is 10.2 Å². The SMILES string of the molecule is O=C(C1CCCCC1)N1CC2CCCNC2C1. The van der Waals surface area contributed by atoms with Crippen LogP contribution in [0.1, 0.15) is 44.9 Å². The molecule has 0 spiro atoms. The van der Waals surface area contributed by atoms with Crippen LogP contribution in [0.4, 0.5) is 0 Å². The van der Waals surface area contributed by atoms with E-state index in [-0.39, 0.29) is 0 Å². The highest BCUT2D eigenvalue weighted by Crippen LogP contribution is 2.30. The van der Waals surface area contributed by atoms with Crippen molar-refractivity contribution in [3.05, 3.63) is 0 Å². The molecule has 0 aromatic heterocycles. The van der Waals surface area contributed by atoms with Gasteiger partial charge in [0.05, 0.1) is 0 Å². The summed E-state index contributed by atoms with van der Waals surface area (Å²) in [4.78, 5) is 14.6. The molecule has 1 saturated carbocycles. The maximum absolute atomic E-state index is 12.4. The fourth-order valence-corrected chi connectivity index (χ4v) is 3.83. The number of carbonyl (C=O) groups is 1. The van der Waals surface area contributed by atoms with Gasteiger partial charge in [0.2, 0.25) is 5.91 Å². The molecule has 2 saturated heterocycles. The zero-order chi connectivity index (χ0) is 11.7. The van der Waals surface area contributed by atoms with E-state index in [9.17, 15) is 4.79 Å². The van der Waals surface area contributed by atoms with Gasteiger partial charge in [0.1, 0.15) is 0 Å². The van der Waals surface area contributed by atoms with E-state index in [2.05, 4.69) is 10.2 Å². The largest absolute Gasteiger partial charge is 0.341 e. The van der Waals surface area contributed by atoms with Crippen LogP contribution in [0.5, 0.6) is 0 Å². The van der Waals surface area contributed by atoms with Gasteiger partial charge in [-0.3, -0.25) is 4.79 Å². The maximum atomic E-state index is 12.4. The third-order valence-electron chi connectivity index (χ3n) is 4.87. The molecule has 0 aromatic carbocycles. The molecule has 0 bridgehead atoms. The maximum Gasteiger partial charge on any atom is 0.225 e. The van der Waals surface area contributed by atoms with Crippen LogP contribution >= 0.6 is 0 Å². The molecule has 1 aliphatic carbocycles. The van der Waals surface area contributed by atoms with Crippen molar-refractivity contribution in [1.82, 2.24) is 10.2 Å². The number of fused-ring (bicyclic) bond motifs is 1. The van der Waals surface area contributed by atoms with Crippen molar-refractivity contribution in [2.24, 2.45) is 11.8 Å². The summed E-state index contributed by atoms with van der Waals surface area (Å²) < 4.78 is 0. The van der Waals surface area contributed by atoms with Gasteiger partial charge >= 0.3 is 0 Å². The van der Waals surface area contributed by atoms with E-state index in [1.165, 1.54) is 32.1 Å². The highest BCUT2D eigenvalue weighted by molar-refractivity contribution is 5.79. The Balaban J connectivity index is 1.59. The first-order valence-corrected chi connectivity index (χ1v) is 7.37. The van der Waals surface area contributed by atoms with Gasteiger partial charge in [-0.2, -0.15) is 0 Å². The summed E-state index contributed by atoms with van der Waals surface area (Å²) in [5, 5.41) is 3.57. The normalized spacial score (nSPS) is 34.7. The Morgan fingerprint density at radius 2 is 1.82 bits per heavy atom. The van der Waals surface area contributed by atoms with Gasteiger partial charge in [-0.25, -0.2) is 0 Å². The van der Waals surface area contributed by atoms with Crippen LogP contribution in [0, 0.1) is 11.8 Å². The average Bonchev–Trinajstić information content (AvgIpc) is 2.82. The van der Waals surface area contributed by atoms with Crippen LogP contribution in [0.25, 0.3) is 0 Å². The van der Waals surface area contributed by atoms with E-state index >= 15 is 0 Å². The molecule has 3 fully saturated rings. The summed E-state index contributed by atoms with van der Waals surface area (Å²) in [6.45, 7) is 3.14. The predicted molar refractivity (Wildman–Crippen MR) is 67.7 cm³/mol. The number of nitrogens with zero attached hydrogens (tertiary/aromatic N) is 1. The number of amides is 1. The van der Waals surface area contributed by atoms with Crippen LogP contribution in [-0.4, -0.2) is 36.5 Å². The first-order chi connectivity index (χ1) is 8.34. The van der Waals surface area contributed by atoms with E-state index in [1.54, 1.807) is 0 Å². The Labute approximate surface area is 104 Å². The zero-order valence-corrected chi connectivity index (χ0v) is 10.7. The fraction of sp³-hybridized carbons (Fsp3) is 0.929. The van der Waals surface area contributed by atoms with E-state index in [4.69, 9.17) is 0 Å². The van der Waals surface area contributed by atoms with Crippen LogP contribution in [0.3, 0.4) is 0 Å². The summed E-state index contributed by atoms with van der Waals surface area (Å²) in [5.74, 6) is 1.54. The predicted octanol–water partition coefficient (Wildman–Crippen LogP) is 1.78. The molecule has 17 heavy (non-hydrogen) atoms. The molecule has 3 nitrogen and oxygen atoms in total. The van der Waals surface area contributed by atoms with Crippen molar-refractivity contribution >= 4 is 5.91 Å². The third-order valence-corrected chi connectivity index (χ3v) is 4.87. The molecule has 0 radical (unpaired) electrons. The lowest BCUT2D eigenvalue weighted by Crippen LogP contribution is -2.41. The molecule has 2 atom stereocenters. The number of likely N-dealkylation sites (tertiary alicyclic amines) is 1. The third kappa shape index (κ3) is 2.35. The first kappa shape index (κ1) is 11.5. The lowest BCUT2D eigenvalue weighted by molar-refractivity contribution is -0.135. The Hall–Kier alpha value is -0.570. The number of rotatable bonds is 1. The number of nitrogens with one attached hydrogen (secondary N) is 1. The highest BCUT2D eigenvalue weighted by atomic mass is 16.2. The number of piperidine rings is 1. The van der Waals surface area contributed by atoms with Gasteiger partial charge in [0.15, 0.2) is 0 Å².